The van der Waals surface area contributed by atoms with E-state index in [-0.39, 0.29) is 0 Å². The van der Waals surface area contributed by atoms with Crippen LogP contribution in [0.25, 0.3) is 0 Å². The minimum Gasteiger partial charge on any atom is -0.497 e. The zero-order valence-corrected chi connectivity index (χ0v) is 13.7. The molecule has 0 spiro atoms. The van der Waals surface area contributed by atoms with Crippen molar-refractivity contribution in [1.29, 1.82) is 0 Å². The van der Waals surface area contributed by atoms with E-state index in [4.69, 9.17) is 14.2 Å². The van der Waals surface area contributed by atoms with Gasteiger partial charge in [0.2, 0.25) is 0 Å². The first-order chi connectivity index (χ1) is 9.87. The molecule has 5 nitrogen and oxygen atoms in total. The topological polar surface area (TPSA) is 51.2 Å². The molecule has 5 heteroatoms. The lowest BCUT2D eigenvalue weighted by Crippen LogP contribution is -2.39. The molecule has 0 aliphatic heterocycles. The number of nitrogens with zero attached hydrogens (tertiary/aromatic N) is 1. The van der Waals surface area contributed by atoms with Crippen molar-refractivity contribution in [3.63, 3.8) is 0 Å². The molecule has 1 N–H and O–H groups in total. The Morgan fingerprint density at radius 2 is 1.62 bits per heavy atom. The molecule has 0 atom stereocenters. The fourth-order valence-corrected chi connectivity index (χ4v) is 2.20. The average molecular weight is 297 g/mol. The number of benzene rings is 1. The third kappa shape index (κ3) is 6.80. The first-order valence-corrected chi connectivity index (χ1v) is 7.03. The molecule has 1 aromatic carbocycles. The van der Waals surface area contributed by atoms with Crippen molar-refractivity contribution in [2.75, 3.05) is 41.0 Å². The normalized spacial score (nSPS) is 11.8. The quantitative estimate of drug-likeness (QED) is 0.755. The van der Waals surface area contributed by atoms with Crippen molar-refractivity contribution in [2.45, 2.75) is 26.0 Å². The second kappa shape index (κ2) is 8.22. The largest absolute Gasteiger partial charge is 0.497 e. The van der Waals surface area contributed by atoms with Crippen LogP contribution < -0.4 is 9.47 Å². The van der Waals surface area contributed by atoms with Crippen molar-refractivity contribution in [3.8, 4) is 11.5 Å². The maximum absolute atomic E-state index is 10.0. The van der Waals surface area contributed by atoms with Gasteiger partial charge in [0, 0.05) is 32.8 Å². The van der Waals surface area contributed by atoms with Gasteiger partial charge in [-0.15, -0.1) is 0 Å². The zero-order chi connectivity index (χ0) is 15.9. The van der Waals surface area contributed by atoms with Crippen LogP contribution in [-0.4, -0.2) is 56.6 Å². The molecule has 21 heavy (non-hydrogen) atoms. The fourth-order valence-electron chi connectivity index (χ4n) is 2.20. The smallest absolute Gasteiger partial charge is 0.122 e. The summed E-state index contributed by atoms with van der Waals surface area (Å²) in [5.41, 5.74) is 0.322. The number of hydrogen-bond acceptors (Lipinski definition) is 5. The lowest BCUT2D eigenvalue weighted by atomic mass is 10.1. The van der Waals surface area contributed by atoms with Gasteiger partial charge >= 0.3 is 0 Å². The van der Waals surface area contributed by atoms with Gasteiger partial charge in [-0.2, -0.15) is 0 Å². The SMILES string of the molecule is COCCN(Cc1cc(OC)cc(OC)c1)CC(C)(C)O. The fraction of sp³-hybridized carbons (Fsp3) is 0.625. The molecule has 1 aromatic rings. The Hall–Kier alpha value is -1.30. The summed E-state index contributed by atoms with van der Waals surface area (Å²) in [5, 5.41) is 10.0. The van der Waals surface area contributed by atoms with Crippen LogP contribution in [0, 0.1) is 0 Å². The Morgan fingerprint density at radius 1 is 1.05 bits per heavy atom. The van der Waals surface area contributed by atoms with Crippen LogP contribution in [0.15, 0.2) is 18.2 Å². The van der Waals surface area contributed by atoms with Crippen LogP contribution in [0.3, 0.4) is 0 Å². The first-order valence-electron chi connectivity index (χ1n) is 7.03. The molecule has 0 radical (unpaired) electrons. The molecule has 0 aliphatic carbocycles. The molecule has 0 amide bonds. The average Bonchev–Trinajstić information content (AvgIpc) is 2.42. The molecular formula is C16H27NO4. The molecule has 0 saturated carbocycles. The number of methoxy groups -OCH3 is 3. The van der Waals surface area contributed by atoms with Crippen LogP contribution in [0.1, 0.15) is 19.4 Å². The zero-order valence-electron chi connectivity index (χ0n) is 13.7. The summed E-state index contributed by atoms with van der Waals surface area (Å²) in [7, 11) is 4.95. The highest BCUT2D eigenvalue weighted by molar-refractivity contribution is 5.38. The van der Waals surface area contributed by atoms with E-state index in [1.54, 1.807) is 35.2 Å². The Morgan fingerprint density at radius 3 is 2.05 bits per heavy atom. The van der Waals surface area contributed by atoms with E-state index in [1.165, 1.54) is 0 Å². The number of hydrogen-bond donors (Lipinski definition) is 1. The molecule has 0 aromatic heterocycles. The maximum Gasteiger partial charge on any atom is 0.122 e. The minimum atomic E-state index is -0.753. The highest BCUT2D eigenvalue weighted by Gasteiger charge is 2.18. The summed E-state index contributed by atoms with van der Waals surface area (Å²) in [6, 6.07) is 5.80. The second-order valence-electron chi connectivity index (χ2n) is 5.74. The van der Waals surface area contributed by atoms with Crippen LogP contribution >= 0.6 is 0 Å². The van der Waals surface area contributed by atoms with Gasteiger partial charge < -0.3 is 19.3 Å². The van der Waals surface area contributed by atoms with Gasteiger partial charge in [-0.25, -0.2) is 0 Å². The molecule has 0 aliphatic rings. The molecule has 0 heterocycles. The Labute approximate surface area is 127 Å². The van der Waals surface area contributed by atoms with E-state index in [0.717, 1.165) is 23.6 Å². The lowest BCUT2D eigenvalue weighted by molar-refractivity contribution is 0.0247. The third-order valence-electron chi connectivity index (χ3n) is 3.04. The number of aliphatic hydroxyl groups is 1. The first kappa shape index (κ1) is 17.8. The molecule has 1 rings (SSSR count). The van der Waals surface area contributed by atoms with Crippen LogP contribution in [0.5, 0.6) is 11.5 Å². The van der Waals surface area contributed by atoms with Crippen molar-refractivity contribution < 1.29 is 19.3 Å². The van der Waals surface area contributed by atoms with E-state index in [1.807, 2.05) is 18.2 Å². The van der Waals surface area contributed by atoms with Gasteiger partial charge in [0.25, 0.3) is 0 Å². The minimum absolute atomic E-state index is 0.565. The molecule has 0 unspecified atom stereocenters. The molecule has 0 saturated heterocycles. The molecule has 120 valence electrons. The van der Waals surface area contributed by atoms with Gasteiger partial charge in [0.1, 0.15) is 11.5 Å². The van der Waals surface area contributed by atoms with Crippen molar-refractivity contribution >= 4 is 0 Å². The molecule has 0 fully saturated rings. The van der Waals surface area contributed by atoms with Gasteiger partial charge in [0.05, 0.1) is 26.4 Å². The highest BCUT2D eigenvalue weighted by atomic mass is 16.5. The van der Waals surface area contributed by atoms with Gasteiger partial charge in [-0.1, -0.05) is 0 Å². The maximum atomic E-state index is 10.0. The standard InChI is InChI=1S/C16H27NO4/c1-16(2,18)12-17(6-7-19-3)11-13-8-14(20-4)10-15(9-13)21-5/h8-10,18H,6-7,11-12H2,1-5H3. The number of ether oxygens (including phenoxy) is 3. The van der Waals surface area contributed by atoms with Crippen LogP contribution in [-0.2, 0) is 11.3 Å². The van der Waals surface area contributed by atoms with Crippen LogP contribution in [0.4, 0.5) is 0 Å². The van der Waals surface area contributed by atoms with Crippen LogP contribution in [0.2, 0.25) is 0 Å². The molecule has 0 bridgehead atoms. The second-order valence-corrected chi connectivity index (χ2v) is 5.74. The summed E-state index contributed by atoms with van der Waals surface area (Å²) in [6.07, 6.45) is 0. The lowest BCUT2D eigenvalue weighted by Gasteiger charge is -2.29. The van der Waals surface area contributed by atoms with E-state index in [0.29, 0.717) is 19.7 Å². The summed E-state index contributed by atoms with van der Waals surface area (Å²) in [6.45, 7) is 6.24. The Balaban J connectivity index is 2.85. The molecular weight excluding hydrogens is 270 g/mol. The van der Waals surface area contributed by atoms with E-state index >= 15 is 0 Å². The third-order valence-corrected chi connectivity index (χ3v) is 3.04. The van der Waals surface area contributed by atoms with Gasteiger partial charge in [0.15, 0.2) is 0 Å². The summed E-state index contributed by atoms with van der Waals surface area (Å²) < 4.78 is 15.7. The summed E-state index contributed by atoms with van der Waals surface area (Å²) in [5.74, 6) is 1.53. The van der Waals surface area contributed by atoms with E-state index < -0.39 is 5.60 Å². The predicted molar refractivity (Wildman–Crippen MR) is 83.0 cm³/mol. The highest BCUT2D eigenvalue weighted by Crippen LogP contribution is 2.23. The predicted octanol–water partition coefficient (Wildman–Crippen LogP) is 1.92. The van der Waals surface area contributed by atoms with Gasteiger partial charge in [-0.05, 0) is 31.5 Å². The van der Waals surface area contributed by atoms with Crippen molar-refractivity contribution in [2.24, 2.45) is 0 Å². The Bertz CT molecular complexity index is 407. The van der Waals surface area contributed by atoms with Crippen molar-refractivity contribution in [1.82, 2.24) is 4.90 Å². The van der Waals surface area contributed by atoms with E-state index in [2.05, 4.69) is 4.90 Å². The summed E-state index contributed by atoms with van der Waals surface area (Å²) in [4.78, 5) is 2.15. The number of rotatable bonds is 9. The van der Waals surface area contributed by atoms with E-state index in [9.17, 15) is 5.11 Å². The van der Waals surface area contributed by atoms with Gasteiger partial charge in [-0.3, -0.25) is 4.90 Å². The Kier molecular flexibility index (Phi) is 6.95. The van der Waals surface area contributed by atoms with Crippen molar-refractivity contribution in [3.05, 3.63) is 23.8 Å². The summed E-state index contributed by atoms with van der Waals surface area (Å²) >= 11 is 0. The monoisotopic (exact) mass is 297 g/mol.